The Morgan fingerprint density at radius 2 is 2.22 bits per heavy atom. The van der Waals surface area contributed by atoms with Gasteiger partial charge < -0.3 is 9.84 Å². The molecular weight excluding hydrogens is 296 g/mol. The summed E-state index contributed by atoms with van der Waals surface area (Å²) in [6.07, 6.45) is 3.24. The Balaban J connectivity index is 1.40. The van der Waals surface area contributed by atoms with Crippen LogP contribution in [-0.2, 0) is 6.54 Å². The van der Waals surface area contributed by atoms with Crippen molar-refractivity contribution in [1.82, 2.24) is 25.0 Å². The number of nitrogens with one attached hydrogen (secondary N) is 1. The molecule has 3 aliphatic rings. The number of nitrogens with zero attached hydrogens (tertiary/aromatic N) is 5. The summed E-state index contributed by atoms with van der Waals surface area (Å²) in [4.78, 5) is 25.4. The molecule has 2 fully saturated rings. The van der Waals surface area contributed by atoms with E-state index in [4.69, 9.17) is 4.52 Å². The molecule has 4 atom stereocenters. The third-order valence-corrected chi connectivity index (χ3v) is 5.11. The lowest BCUT2D eigenvalue weighted by Gasteiger charge is -2.05. The molecule has 0 amide bonds. The SMILES string of the molecule is CC1C=Nc2ncn(Cc3nc([C@H]4[C@@H]5CNC[C@@H]54)no3)c(=O)c21. The van der Waals surface area contributed by atoms with Crippen LogP contribution in [0, 0.1) is 11.8 Å². The van der Waals surface area contributed by atoms with Gasteiger partial charge in [0.25, 0.3) is 5.56 Å². The summed E-state index contributed by atoms with van der Waals surface area (Å²) in [6, 6.07) is 0. The van der Waals surface area contributed by atoms with Crippen molar-refractivity contribution < 1.29 is 4.52 Å². The highest BCUT2D eigenvalue weighted by Crippen LogP contribution is 2.54. The number of piperidine rings is 1. The first-order valence-electron chi connectivity index (χ1n) is 7.89. The van der Waals surface area contributed by atoms with Gasteiger partial charge in [-0.2, -0.15) is 4.98 Å². The molecule has 2 aromatic heterocycles. The van der Waals surface area contributed by atoms with Gasteiger partial charge in [0, 0.05) is 18.1 Å². The molecule has 0 spiro atoms. The van der Waals surface area contributed by atoms with Crippen molar-refractivity contribution in [3.05, 3.63) is 34.0 Å². The number of aliphatic imine (C=N–C) groups is 1. The second-order valence-electron chi connectivity index (χ2n) is 6.54. The Hall–Kier alpha value is -2.35. The summed E-state index contributed by atoms with van der Waals surface area (Å²) in [5.74, 6) is 3.43. The van der Waals surface area contributed by atoms with Crippen molar-refractivity contribution in [3.63, 3.8) is 0 Å². The van der Waals surface area contributed by atoms with Gasteiger partial charge in [0.15, 0.2) is 11.6 Å². The number of rotatable bonds is 3. The minimum absolute atomic E-state index is 0.00552. The molecule has 0 aromatic carbocycles. The number of hydrogen-bond acceptors (Lipinski definition) is 7. The predicted molar refractivity (Wildman–Crippen MR) is 81.1 cm³/mol. The molecule has 0 bridgehead atoms. The first-order valence-corrected chi connectivity index (χ1v) is 7.89. The maximum Gasteiger partial charge on any atom is 0.259 e. The van der Waals surface area contributed by atoms with Gasteiger partial charge in [-0.15, -0.1) is 0 Å². The molecule has 1 unspecified atom stereocenters. The Bertz CT molecular complexity index is 859. The van der Waals surface area contributed by atoms with Gasteiger partial charge in [-0.25, -0.2) is 9.98 Å². The van der Waals surface area contributed by atoms with E-state index in [9.17, 15) is 4.79 Å². The molecule has 0 radical (unpaired) electrons. The highest BCUT2D eigenvalue weighted by molar-refractivity contribution is 5.77. The molecular formula is C15H16N6O2. The van der Waals surface area contributed by atoms with Crippen molar-refractivity contribution >= 4 is 12.0 Å². The van der Waals surface area contributed by atoms with Gasteiger partial charge in [0.05, 0.1) is 5.56 Å². The summed E-state index contributed by atoms with van der Waals surface area (Å²) in [6.45, 7) is 4.25. The summed E-state index contributed by atoms with van der Waals surface area (Å²) >= 11 is 0. The van der Waals surface area contributed by atoms with Crippen LogP contribution in [0.1, 0.15) is 36.0 Å². The number of aromatic nitrogens is 4. The van der Waals surface area contributed by atoms with Crippen LogP contribution in [0.2, 0.25) is 0 Å². The van der Waals surface area contributed by atoms with Crippen molar-refractivity contribution in [2.75, 3.05) is 13.1 Å². The summed E-state index contributed by atoms with van der Waals surface area (Å²) in [5, 5.41) is 7.45. The van der Waals surface area contributed by atoms with Crippen molar-refractivity contribution in [2.24, 2.45) is 16.8 Å². The first kappa shape index (κ1) is 13.1. The lowest BCUT2D eigenvalue weighted by molar-refractivity contribution is 0.363. The summed E-state index contributed by atoms with van der Waals surface area (Å²) < 4.78 is 6.85. The fourth-order valence-electron chi connectivity index (χ4n) is 3.78. The Morgan fingerprint density at radius 3 is 3.04 bits per heavy atom. The van der Waals surface area contributed by atoms with E-state index in [1.165, 1.54) is 10.9 Å². The van der Waals surface area contributed by atoms with Crippen LogP contribution in [0.4, 0.5) is 5.82 Å². The van der Waals surface area contributed by atoms with E-state index in [-0.39, 0.29) is 18.0 Å². The minimum Gasteiger partial charge on any atom is -0.337 e. The van der Waals surface area contributed by atoms with Gasteiger partial charge >= 0.3 is 0 Å². The first-order chi connectivity index (χ1) is 11.2. The third kappa shape index (κ3) is 1.91. The number of fused-ring (bicyclic) bond motifs is 2. The van der Waals surface area contributed by atoms with Crippen molar-refractivity contribution in [3.8, 4) is 0 Å². The normalized spacial score (nSPS) is 30.5. The van der Waals surface area contributed by atoms with Crippen LogP contribution in [0.25, 0.3) is 0 Å². The highest BCUT2D eigenvalue weighted by atomic mass is 16.5. The smallest absolute Gasteiger partial charge is 0.259 e. The third-order valence-electron chi connectivity index (χ3n) is 5.11. The maximum atomic E-state index is 12.5. The number of hydrogen-bond donors (Lipinski definition) is 1. The van der Waals surface area contributed by atoms with Crippen molar-refractivity contribution in [1.29, 1.82) is 0 Å². The topological polar surface area (TPSA) is 98.2 Å². The van der Waals surface area contributed by atoms with E-state index in [1.807, 2.05) is 6.92 Å². The van der Waals surface area contributed by atoms with Crippen LogP contribution in [0.5, 0.6) is 0 Å². The lowest BCUT2D eigenvalue weighted by atomic mass is 10.1. The lowest BCUT2D eigenvalue weighted by Crippen LogP contribution is -2.25. The van der Waals surface area contributed by atoms with Crippen LogP contribution in [0.15, 0.2) is 20.6 Å². The van der Waals surface area contributed by atoms with Crippen LogP contribution >= 0.6 is 0 Å². The molecule has 23 heavy (non-hydrogen) atoms. The molecule has 4 heterocycles. The molecule has 1 saturated carbocycles. The van der Waals surface area contributed by atoms with Gasteiger partial charge in [0.1, 0.15) is 12.9 Å². The molecule has 8 nitrogen and oxygen atoms in total. The molecule has 8 heteroatoms. The second kappa shape index (κ2) is 4.58. The van der Waals surface area contributed by atoms with E-state index in [0.717, 1.165) is 18.9 Å². The van der Waals surface area contributed by atoms with Gasteiger partial charge in [0.2, 0.25) is 5.89 Å². The van der Waals surface area contributed by atoms with Crippen molar-refractivity contribution in [2.45, 2.75) is 25.3 Å². The highest BCUT2D eigenvalue weighted by Gasteiger charge is 2.55. The van der Waals surface area contributed by atoms with E-state index in [0.29, 0.717) is 35.0 Å². The predicted octanol–water partition coefficient (Wildman–Crippen LogP) is 0.427. The van der Waals surface area contributed by atoms with E-state index >= 15 is 0 Å². The average Bonchev–Trinajstić information content (AvgIpc) is 3.01. The van der Waals surface area contributed by atoms with E-state index in [2.05, 4.69) is 25.4 Å². The minimum atomic E-state index is -0.0905. The summed E-state index contributed by atoms with van der Waals surface area (Å²) in [5.41, 5.74) is 0.544. The zero-order valence-corrected chi connectivity index (χ0v) is 12.6. The standard InChI is InChI=1S/C15H16N6O2/c1-7-2-17-13-11(7)15(22)21(6-18-13)5-10-19-14(20-23-10)12-8-3-16-4-9(8)12/h2,6-9,12,16H,3-5H2,1H3/t7?,8-,9+,12+. The van der Waals surface area contributed by atoms with Gasteiger partial charge in [-0.1, -0.05) is 12.1 Å². The molecule has 1 N–H and O–H groups in total. The molecule has 1 aliphatic carbocycles. The second-order valence-corrected chi connectivity index (χ2v) is 6.54. The quantitative estimate of drug-likeness (QED) is 0.882. The Kier molecular flexibility index (Phi) is 2.61. The van der Waals surface area contributed by atoms with Crippen LogP contribution in [0.3, 0.4) is 0 Å². The monoisotopic (exact) mass is 312 g/mol. The Morgan fingerprint density at radius 1 is 1.39 bits per heavy atom. The van der Waals surface area contributed by atoms with Gasteiger partial charge in [-0.3, -0.25) is 9.36 Å². The van der Waals surface area contributed by atoms with E-state index in [1.54, 1.807) is 6.21 Å². The fourth-order valence-corrected chi connectivity index (χ4v) is 3.78. The zero-order chi connectivity index (χ0) is 15.6. The zero-order valence-electron chi connectivity index (χ0n) is 12.6. The summed E-state index contributed by atoms with van der Waals surface area (Å²) in [7, 11) is 0. The average molecular weight is 312 g/mol. The maximum absolute atomic E-state index is 12.5. The van der Waals surface area contributed by atoms with Crippen LogP contribution < -0.4 is 10.9 Å². The molecule has 1 saturated heterocycles. The van der Waals surface area contributed by atoms with Gasteiger partial charge in [-0.05, 0) is 24.9 Å². The molecule has 118 valence electrons. The van der Waals surface area contributed by atoms with E-state index < -0.39 is 0 Å². The Labute approximate surface area is 131 Å². The largest absolute Gasteiger partial charge is 0.337 e. The molecule has 5 rings (SSSR count). The fraction of sp³-hybridized carbons (Fsp3) is 0.533. The molecule has 2 aliphatic heterocycles. The van der Waals surface area contributed by atoms with Crippen LogP contribution in [-0.4, -0.2) is 39.0 Å². The molecule has 2 aromatic rings.